The average molecular weight is 503 g/mol. The summed E-state index contributed by atoms with van der Waals surface area (Å²) in [6.07, 6.45) is 0. The van der Waals surface area contributed by atoms with E-state index in [9.17, 15) is 14.7 Å². The molecule has 7 nitrogen and oxygen atoms in total. The number of phenolic OH excluding ortho intramolecular Hbond substituents is 1. The van der Waals surface area contributed by atoms with Crippen LogP contribution < -0.4 is 11.1 Å². The highest BCUT2D eigenvalue weighted by Gasteiger charge is 2.21. The monoisotopic (exact) mass is 502 g/mol. The van der Waals surface area contributed by atoms with Gasteiger partial charge >= 0.3 is 0 Å². The molecule has 3 aromatic rings. The lowest BCUT2D eigenvalue weighted by Gasteiger charge is -2.32. The molecule has 9 heteroatoms. The van der Waals surface area contributed by atoms with Crippen LogP contribution in [0.25, 0.3) is 10.1 Å². The maximum atomic E-state index is 12.8. The van der Waals surface area contributed by atoms with Crippen LogP contribution in [0.5, 0.6) is 5.75 Å². The first-order chi connectivity index (χ1) is 14.8. The lowest BCUT2D eigenvalue weighted by molar-refractivity contribution is 0.100. The van der Waals surface area contributed by atoms with Gasteiger partial charge in [-0.2, -0.15) is 0 Å². The van der Waals surface area contributed by atoms with E-state index in [1.54, 1.807) is 24.3 Å². The van der Waals surface area contributed by atoms with Crippen molar-refractivity contribution in [3.63, 3.8) is 0 Å². The number of nitrogens with one attached hydrogen (secondary N) is 1. The molecule has 0 atom stereocenters. The van der Waals surface area contributed by atoms with Crippen molar-refractivity contribution in [1.82, 2.24) is 9.80 Å². The molecule has 1 fully saturated rings. The number of carbonyl (C=O) groups excluding carboxylic acids is 2. The molecule has 2 aromatic carbocycles. The molecule has 1 saturated heterocycles. The number of primary amides is 1. The van der Waals surface area contributed by atoms with Gasteiger partial charge in [-0.15, -0.1) is 11.3 Å². The number of piperazine rings is 1. The number of halogens is 1. The molecule has 0 saturated carbocycles. The molecule has 0 spiro atoms. The first-order valence-corrected chi connectivity index (χ1v) is 11.5. The van der Waals surface area contributed by atoms with Crippen molar-refractivity contribution in [2.24, 2.45) is 5.73 Å². The van der Waals surface area contributed by atoms with Crippen LogP contribution in [0.15, 0.2) is 40.9 Å². The van der Waals surface area contributed by atoms with Gasteiger partial charge in [0, 0.05) is 48.4 Å². The third-order valence-electron chi connectivity index (χ3n) is 5.45. The van der Waals surface area contributed by atoms with Gasteiger partial charge in [-0.1, -0.05) is 12.1 Å². The maximum absolute atomic E-state index is 12.8. The van der Waals surface area contributed by atoms with Gasteiger partial charge in [0.2, 0.25) is 0 Å². The molecule has 1 aliphatic rings. The number of fused-ring (bicyclic) bond motifs is 1. The summed E-state index contributed by atoms with van der Waals surface area (Å²) >= 11 is 4.45. The van der Waals surface area contributed by atoms with Crippen molar-refractivity contribution in [1.29, 1.82) is 0 Å². The van der Waals surface area contributed by atoms with Crippen molar-refractivity contribution >= 4 is 54.2 Å². The zero-order valence-electron chi connectivity index (χ0n) is 17.0. The number of thiophene rings is 1. The molecule has 1 aromatic heterocycles. The van der Waals surface area contributed by atoms with Crippen molar-refractivity contribution in [2.45, 2.75) is 6.54 Å². The van der Waals surface area contributed by atoms with Gasteiger partial charge in [0.25, 0.3) is 11.8 Å². The molecular weight excluding hydrogens is 480 g/mol. The molecule has 0 radical (unpaired) electrons. The second-order valence-corrected chi connectivity index (χ2v) is 9.61. The first-order valence-electron chi connectivity index (χ1n) is 9.88. The minimum atomic E-state index is -0.637. The number of nitrogens with two attached hydrogens (primary N) is 1. The zero-order chi connectivity index (χ0) is 22.1. The predicted molar refractivity (Wildman–Crippen MR) is 127 cm³/mol. The molecule has 0 aliphatic carbocycles. The van der Waals surface area contributed by atoms with Gasteiger partial charge in [-0.3, -0.25) is 14.5 Å². The molecule has 1 aliphatic heterocycles. The summed E-state index contributed by atoms with van der Waals surface area (Å²) in [4.78, 5) is 29.6. The van der Waals surface area contributed by atoms with Crippen LogP contribution in [0, 0.1) is 0 Å². The number of hydrogen-bond acceptors (Lipinski definition) is 6. The smallest absolute Gasteiger partial charge is 0.256 e. The fourth-order valence-corrected chi connectivity index (χ4v) is 5.10. The standard InChI is InChI=1S/C22H23BrN4O3S/c1-26-6-8-27(9-7-26)12-13-2-4-14(5-3-13)21(30)25-22-19(20(24)29)15-10-16(23)17(28)11-18(15)31-22/h2-5,10-11,28H,6-9,12H2,1H3,(H2,24,29)(H,25,30). The lowest BCUT2D eigenvalue weighted by atomic mass is 10.1. The molecular formula is C22H23BrN4O3S. The van der Waals surface area contributed by atoms with Crippen molar-refractivity contribution in [3.05, 3.63) is 57.6 Å². The Morgan fingerprint density at radius 1 is 1.16 bits per heavy atom. The van der Waals surface area contributed by atoms with Crippen molar-refractivity contribution < 1.29 is 14.7 Å². The van der Waals surface area contributed by atoms with E-state index in [1.165, 1.54) is 11.3 Å². The van der Waals surface area contributed by atoms with E-state index in [0.29, 0.717) is 25.1 Å². The Balaban J connectivity index is 1.51. The summed E-state index contributed by atoms with van der Waals surface area (Å²) in [5.74, 6) is -0.899. The van der Waals surface area contributed by atoms with E-state index in [1.807, 2.05) is 12.1 Å². The fourth-order valence-electron chi connectivity index (χ4n) is 3.64. The Kier molecular flexibility index (Phi) is 6.29. The minimum Gasteiger partial charge on any atom is -0.507 e. The summed E-state index contributed by atoms with van der Waals surface area (Å²) in [5.41, 5.74) is 7.47. The molecule has 4 rings (SSSR count). The largest absolute Gasteiger partial charge is 0.507 e. The van der Waals surface area contributed by atoms with Gasteiger partial charge in [0.05, 0.1) is 10.0 Å². The molecule has 4 N–H and O–H groups in total. The zero-order valence-corrected chi connectivity index (χ0v) is 19.4. The highest BCUT2D eigenvalue weighted by molar-refractivity contribution is 9.10. The Labute approximate surface area is 192 Å². The highest BCUT2D eigenvalue weighted by Crippen LogP contribution is 2.40. The SMILES string of the molecule is CN1CCN(Cc2ccc(C(=O)Nc3sc4cc(O)c(Br)cc4c3C(N)=O)cc2)CC1. The van der Waals surface area contributed by atoms with Crippen LogP contribution in [0.3, 0.4) is 0 Å². The molecule has 31 heavy (non-hydrogen) atoms. The van der Waals surface area contributed by atoms with Gasteiger partial charge in [0.1, 0.15) is 10.8 Å². The summed E-state index contributed by atoms with van der Waals surface area (Å²) in [7, 11) is 2.13. The second kappa shape index (κ2) is 8.96. The molecule has 0 unspecified atom stereocenters. The number of benzene rings is 2. The number of nitrogens with zero attached hydrogens (tertiary/aromatic N) is 2. The minimum absolute atomic E-state index is 0.0542. The number of phenols is 1. The Bertz CT molecular complexity index is 1140. The van der Waals surface area contributed by atoms with Gasteiger partial charge in [-0.05, 0) is 52.8 Å². The second-order valence-electron chi connectivity index (χ2n) is 7.70. The normalized spacial score (nSPS) is 15.3. The van der Waals surface area contributed by atoms with Gasteiger partial charge < -0.3 is 21.1 Å². The summed E-state index contributed by atoms with van der Waals surface area (Å²) in [6.45, 7) is 5.05. The van der Waals surface area contributed by atoms with Crippen molar-refractivity contribution in [3.8, 4) is 5.75 Å². The highest BCUT2D eigenvalue weighted by atomic mass is 79.9. The maximum Gasteiger partial charge on any atom is 0.256 e. The Hall–Kier alpha value is -2.46. The van der Waals surface area contributed by atoms with Crippen LogP contribution in [-0.2, 0) is 6.54 Å². The molecule has 162 valence electrons. The van der Waals surface area contributed by atoms with Crippen molar-refractivity contribution in [2.75, 3.05) is 38.5 Å². The van der Waals surface area contributed by atoms with E-state index in [4.69, 9.17) is 5.73 Å². The van der Waals surface area contributed by atoms with Crippen LogP contribution in [0.2, 0.25) is 0 Å². The Morgan fingerprint density at radius 3 is 2.48 bits per heavy atom. The van der Waals surface area contributed by atoms with Gasteiger partial charge in [-0.25, -0.2) is 0 Å². The number of hydrogen-bond donors (Lipinski definition) is 3. The average Bonchev–Trinajstić information content (AvgIpc) is 3.07. The quantitative estimate of drug-likeness (QED) is 0.496. The van der Waals surface area contributed by atoms with E-state index >= 15 is 0 Å². The van der Waals surface area contributed by atoms with E-state index in [-0.39, 0.29) is 17.2 Å². The predicted octanol–water partition coefficient (Wildman–Crippen LogP) is 3.47. The summed E-state index contributed by atoms with van der Waals surface area (Å²) in [6, 6.07) is 10.7. The van der Waals surface area contributed by atoms with E-state index in [2.05, 4.69) is 38.1 Å². The molecule has 2 heterocycles. The number of likely N-dealkylation sites (N-methyl/N-ethyl adjacent to an activating group) is 1. The fraction of sp³-hybridized carbons (Fsp3) is 0.273. The number of anilines is 1. The topological polar surface area (TPSA) is 98.9 Å². The van der Waals surface area contributed by atoms with Crippen LogP contribution in [0.4, 0.5) is 5.00 Å². The summed E-state index contributed by atoms with van der Waals surface area (Å²) < 4.78 is 1.11. The van der Waals surface area contributed by atoms with Gasteiger partial charge in [0.15, 0.2) is 0 Å². The number of rotatable bonds is 5. The van der Waals surface area contributed by atoms with Crippen LogP contribution in [-0.4, -0.2) is 59.9 Å². The summed E-state index contributed by atoms with van der Waals surface area (Å²) in [5, 5.41) is 13.7. The van der Waals surface area contributed by atoms with Crippen LogP contribution in [0.1, 0.15) is 26.3 Å². The number of carbonyl (C=O) groups is 2. The molecule has 2 amide bonds. The molecule has 0 bridgehead atoms. The van der Waals surface area contributed by atoms with E-state index < -0.39 is 5.91 Å². The number of amides is 2. The third kappa shape index (κ3) is 4.74. The number of aromatic hydroxyl groups is 1. The third-order valence-corrected chi connectivity index (χ3v) is 7.15. The van der Waals surface area contributed by atoms with E-state index in [0.717, 1.165) is 38.3 Å². The lowest BCUT2D eigenvalue weighted by Crippen LogP contribution is -2.43. The first kappa shape index (κ1) is 21.8. The van der Waals surface area contributed by atoms with Crippen LogP contribution >= 0.6 is 27.3 Å². The Morgan fingerprint density at radius 2 is 1.84 bits per heavy atom.